The lowest BCUT2D eigenvalue weighted by molar-refractivity contribution is -0.0680. The Morgan fingerprint density at radius 3 is 1.48 bits per heavy atom. The minimum Gasteiger partial charge on any atom is -0.374 e. The van der Waals surface area contributed by atoms with Crippen LogP contribution in [0.25, 0.3) is 12.2 Å². The number of benzene rings is 2. The van der Waals surface area contributed by atoms with Crippen molar-refractivity contribution in [1.29, 1.82) is 0 Å². The first kappa shape index (κ1) is 19.1. The van der Waals surface area contributed by atoms with Crippen molar-refractivity contribution < 1.29 is 14.3 Å². The van der Waals surface area contributed by atoms with Crippen molar-refractivity contribution in [3.8, 4) is 0 Å². The average molecular weight is 339 g/mol. The van der Waals surface area contributed by atoms with E-state index in [1.165, 1.54) is 0 Å². The molecular formula is C21H25NO3. The minimum atomic E-state index is -0.306. The van der Waals surface area contributed by atoms with Gasteiger partial charge in [-0.2, -0.15) is 0 Å². The van der Waals surface area contributed by atoms with Crippen LogP contribution in [0.5, 0.6) is 0 Å². The second kappa shape index (κ2) is 10.6. The van der Waals surface area contributed by atoms with Crippen molar-refractivity contribution in [2.24, 2.45) is 5.90 Å². The molecule has 2 aromatic carbocycles. The molecule has 4 heteroatoms. The lowest BCUT2D eigenvalue weighted by atomic mass is 10.1. The molecule has 0 amide bonds. The molecule has 0 aromatic heterocycles. The smallest absolute Gasteiger partial charge is 0.125 e. The molecule has 4 nitrogen and oxygen atoms in total. The van der Waals surface area contributed by atoms with Crippen LogP contribution >= 0.6 is 0 Å². The second-order valence-electron chi connectivity index (χ2n) is 5.68. The van der Waals surface area contributed by atoms with Crippen molar-refractivity contribution in [3.05, 3.63) is 83.9 Å². The molecule has 0 bridgehead atoms. The lowest BCUT2D eigenvalue weighted by Gasteiger charge is -2.15. The van der Waals surface area contributed by atoms with Crippen LogP contribution in [0.3, 0.4) is 0 Å². The molecule has 2 N–H and O–H groups in total. The molecule has 0 aliphatic carbocycles. The minimum absolute atomic E-state index is 0.306. The Hall–Kier alpha value is -2.24. The monoisotopic (exact) mass is 339 g/mol. The first-order valence-electron chi connectivity index (χ1n) is 8.19. The molecule has 0 radical (unpaired) electrons. The van der Waals surface area contributed by atoms with Gasteiger partial charge in [-0.1, -0.05) is 73.8 Å². The molecule has 0 atom stereocenters. The summed E-state index contributed by atoms with van der Waals surface area (Å²) in [4.78, 5) is 4.92. The van der Waals surface area contributed by atoms with Crippen LogP contribution in [0.4, 0.5) is 0 Å². The van der Waals surface area contributed by atoms with E-state index < -0.39 is 0 Å². The van der Waals surface area contributed by atoms with Crippen LogP contribution in [-0.4, -0.2) is 19.3 Å². The first-order chi connectivity index (χ1) is 12.2. The fourth-order valence-electron chi connectivity index (χ4n) is 2.24. The van der Waals surface area contributed by atoms with Crippen LogP contribution < -0.4 is 5.90 Å². The third-order valence-electron chi connectivity index (χ3n) is 3.77. The summed E-state index contributed by atoms with van der Waals surface area (Å²) in [5.74, 6) is 5.33. The summed E-state index contributed by atoms with van der Waals surface area (Å²) in [6.45, 7) is 9.21. The van der Waals surface area contributed by atoms with Crippen LogP contribution in [0.15, 0.2) is 61.7 Å². The zero-order chi connectivity index (χ0) is 17.9. The van der Waals surface area contributed by atoms with E-state index in [1.807, 2.05) is 60.7 Å². The molecule has 0 fully saturated rings. The van der Waals surface area contributed by atoms with Crippen LogP contribution in [0.2, 0.25) is 0 Å². The maximum Gasteiger partial charge on any atom is 0.125 e. The summed E-state index contributed by atoms with van der Waals surface area (Å²) in [6.07, 6.45) is 3.32. The predicted molar refractivity (Wildman–Crippen MR) is 101 cm³/mol. The van der Waals surface area contributed by atoms with E-state index in [2.05, 4.69) is 13.2 Å². The van der Waals surface area contributed by atoms with E-state index in [4.69, 9.17) is 20.2 Å². The van der Waals surface area contributed by atoms with E-state index >= 15 is 0 Å². The zero-order valence-corrected chi connectivity index (χ0v) is 14.4. The highest BCUT2D eigenvalue weighted by Crippen LogP contribution is 2.09. The summed E-state index contributed by atoms with van der Waals surface area (Å²) < 4.78 is 11.3. The van der Waals surface area contributed by atoms with E-state index in [9.17, 15) is 0 Å². The molecule has 0 spiro atoms. The van der Waals surface area contributed by atoms with Crippen molar-refractivity contribution in [2.75, 3.05) is 13.2 Å². The Labute approximate surface area is 149 Å². The fraction of sp³-hybridized carbons (Fsp3) is 0.238. The third-order valence-corrected chi connectivity index (χ3v) is 3.77. The predicted octanol–water partition coefficient (Wildman–Crippen LogP) is 3.96. The van der Waals surface area contributed by atoms with Gasteiger partial charge < -0.3 is 9.47 Å². The topological polar surface area (TPSA) is 53.7 Å². The largest absolute Gasteiger partial charge is 0.374 e. The Bertz CT molecular complexity index is 592. The molecular weight excluding hydrogens is 314 g/mol. The van der Waals surface area contributed by atoms with Gasteiger partial charge in [0.25, 0.3) is 0 Å². The highest BCUT2D eigenvalue weighted by molar-refractivity contribution is 5.47. The number of rotatable bonds is 11. The van der Waals surface area contributed by atoms with Gasteiger partial charge in [0.15, 0.2) is 0 Å². The Morgan fingerprint density at radius 1 is 0.760 bits per heavy atom. The van der Waals surface area contributed by atoms with Crippen LogP contribution in [-0.2, 0) is 27.5 Å². The molecule has 0 aliphatic rings. The summed E-state index contributed by atoms with van der Waals surface area (Å²) in [7, 11) is 0. The molecule has 132 valence electrons. The van der Waals surface area contributed by atoms with E-state index in [-0.39, 0.29) is 6.10 Å². The summed E-state index contributed by atoms with van der Waals surface area (Å²) in [6, 6.07) is 16.1. The molecule has 0 aliphatic heterocycles. The third kappa shape index (κ3) is 6.64. The Morgan fingerprint density at radius 2 is 1.16 bits per heavy atom. The summed E-state index contributed by atoms with van der Waals surface area (Å²) >= 11 is 0. The van der Waals surface area contributed by atoms with Crippen molar-refractivity contribution in [3.63, 3.8) is 0 Å². The molecule has 2 aromatic rings. The van der Waals surface area contributed by atoms with Gasteiger partial charge >= 0.3 is 0 Å². The highest BCUT2D eigenvalue weighted by Gasteiger charge is 2.09. The highest BCUT2D eigenvalue weighted by atomic mass is 16.6. The molecule has 2 rings (SSSR count). The number of hydrogen-bond acceptors (Lipinski definition) is 4. The molecule has 0 saturated heterocycles. The van der Waals surface area contributed by atoms with Gasteiger partial charge in [0.1, 0.15) is 6.10 Å². The normalized spacial score (nSPS) is 10.8. The van der Waals surface area contributed by atoms with Crippen molar-refractivity contribution in [1.82, 2.24) is 0 Å². The molecule has 0 saturated carbocycles. The van der Waals surface area contributed by atoms with Gasteiger partial charge in [-0.3, -0.25) is 4.84 Å². The van der Waals surface area contributed by atoms with E-state index in [0.717, 1.165) is 22.3 Å². The zero-order valence-electron chi connectivity index (χ0n) is 14.4. The van der Waals surface area contributed by atoms with Crippen LogP contribution in [0, 0.1) is 0 Å². The SMILES string of the molecule is C=Cc1ccc(COCC(COCc2ccc(C=C)cc2)ON)cc1. The van der Waals surface area contributed by atoms with Crippen LogP contribution in [0.1, 0.15) is 22.3 Å². The lowest BCUT2D eigenvalue weighted by Crippen LogP contribution is -2.28. The van der Waals surface area contributed by atoms with Crippen molar-refractivity contribution in [2.45, 2.75) is 19.3 Å². The quantitative estimate of drug-likeness (QED) is 0.630. The first-order valence-corrected chi connectivity index (χ1v) is 8.19. The van der Waals surface area contributed by atoms with Gasteiger partial charge in [0.2, 0.25) is 0 Å². The van der Waals surface area contributed by atoms with Crippen molar-refractivity contribution >= 4 is 12.2 Å². The Balaban J connectivity index is 1.68. The van der Waals surface area contributed by atoms with Gasteiger partial charge in [-0.25, -0.2) is 5.90 Å². The molecule has 25 heavy (non-hydrogen) atoms. The van der Waals surface area contributed by atoms with Gasteiger partial charge in [0.05, 0.1) is 26.4 Å². The summed E-state index contributed by atoms with van der Waals surface area (Å²) in [5, 5.41) is 0. The maximum absolute atomic E-state index is 5.66. The summed E-state index contributed by atoms with van der Waals surface area (Å²) in [5.41, 5.74) is 4.34. The van der Waals surface area contributed by atoms with Gasteiger partial charge in [0, 0.05) is 0 Å². The van der Waals surface area contributed by atoms with Gasteiger partial charge in [-0.15, -0.1) is 0 Å². The number of nitrogens with two attached hydrogens (primary N) is 1. The fourth-order valence-corrected chi connectivity index (χ4v) is 2.24. The van der Waals surface area contributed by atoms with Gasteiger partial charge in [-0.05, 0) is 22.3 Å². The second-order valence-corrected chi connectivity index (χ2v) is 5.68. The standard InChI is InChI=1S/C21H25NO3/c1-3-17-5-9-19(10-6-17)13-23-15-21(25-22)16-24-14-20-11-7-18(4-2)8-12-20/h3-12,21H,1-2,13-16,22H2. The Kier molecular flexibility index (Phi) is 8.09. The molecule has 0 heterocycles. The average Bonchev–Trinajstić information content (AvgIpc) is 2.67. The number of ether oxygens (including phenoxy) is 2. The van der Waals surface area contributed by atoms with E-state index in [0.29, 0.717) is 26.4 Å². The maximum atomic E-state index is 5.66. The number of hydrogen-bond donors (Lipinski definition) is 1. The van der Waals surface area contributed by atoms with E-state index in [1.54, 1.807) is 0 Å². The molecule has 0 unspecified atom stereocenters.